The van der Waals surface area contributed by atoms with Gasteiger partial charge in [0.15, 0.2) is 15.5 Å². The van der Waals surface area contributed by atoms with Crippen LogP contribution < -0.4 is 4.74 Å². The number of amides is 1. The van der Waals surface area contributed by atoms with Crippen molar-refractivity contribution in [1.82, 2.24) is 19.6 Å². The fraction of sp³-hybridized carbons (Fsp3) is 0.615. The lowest BCUT2D eigenvalue weighted by atomic mass is 9.99. The predicted octanol–water partition coefficient (Wildman–Crippen LogP) is 2.13. The van der Waals surface area contributed by atoms with Gasteiger partial charge in [0.1, 0.15) is 5.75 Å². The summed E-state index contributed by atoms with van der Waals surface area (Å²) in [6.07, 6.45) is 4.11. The van der Waals surface area contributed by atoms with E-state index in [0.29, 0.717) is 49.2 Å². The van der Waals surface area contributed by atoms with E-state index >= 15 is 0 Å². The molecule has 4 aliphatic rings. The van der Waals surface area contributed by atoms with E-state index in [-0.39, 0.29) is 28.3 Å². The minimum absolute atomic E-state index is 0.0337. The molecule has 2 aromatic rings. The second-order valence-corrected chi connectivity index (χ2v) is 12.3. The number of piperidine rings is 1. The highest BCUT2D eigenvalue weighted by molar-refractivity contribution is 7.90. The van der Waals surface area contributed by atoms with Crippen LogP contribution in [-0.4, -0.2) is 99.7 Å². The van der Waals surface area contributed by atoms with Crippen LogP contribution in [-0.2, 0) is 25.1 Å². The average Bonchev–Trinajstić information content (AvgIpc) is 3.32. The van der Waals surface area contributed by atoms with E-state index in [1.54, 1.807) is 23.1 Å². The summed E-state index contributed by atoms with van der Waals surface area (Å²) < 4.78 is 45.4. The molecule has 1 aromatic carbocycles. The van der Waals surface area contributed by atoms with E-state index < -0.39 is 9.84 Å². The smallest absolute Gasteiger partial charge is 0.274 e. The van der Waals surface area contributed by atoms with E-state index in [0.717, 1.165) is 57.7 Å². The molecule has 5 heterocycles. The number of likely N-dealkylation sites (tertiary alicyclic amines) is 1. The summed E-state index contributed by atoms with van der Waals surface area (Å²) in [6, 6.07) is 5.57. The number of nitrogens with zero attached hydrogens (tertiary/aromatic N) is 4. The van der Waals surface area contributed by atoms with Crippen molar-refractivity contribution in [3.8, 4) is 17.0 Å². The van der Waals surface area contributed by atoms with Crippen molar-refractivity contribution in [2.75, 3.05) is 59.7 Å². The first-order valence-corrected chi connectivity index (χ1v) is 14.8. The molecule has 1 amide bonds. The van der Waals surface area contributed by atoms with Crippen molar-refractivity contribution >= 4 is 15.7 Å². The summed E-state index contributed by atoms with van der Waals surface area (Å²) in [5.74, 6) is 0.0160. The predicted molar refractivity (Wildman–Crippen MR) is 136 cm³/mol. The minimum Gasteiger partial charge on any atom is -0.497 e. The first-order valence-electron chi connectivity index (χ1n) is 13.2. The zero-order chi connectivity index (χ0) is 25.6. The van der Waals surface area contributed by atoms with Crippen LogP contribution in [0.5, 0.6) is 5.75 Å². The lowest BCUT2D eigenvalue weighted by molar-refractivity contribution is 0.00209. The highest BCUT2D eigenvalue weighted by atomic mass is 32.2. The van der Waals surface area contributed by atoms with Crippen LogP contribution in [0.4, 0.5) is 0 Å². The topological polar surface area (TPSA) is 103 Å². The van der Waals surface area contributed by atoms with Gasteiger partial charge in [0, 0.05) is 43.4 Å². The molecule has 3 saturated heterocycles. The second-order valence-electron chi connectivity index (χ2n) is 10.3. The van der Waals surface area contributed by atoms with Gasteiger partial charge in [0.25, 0.3) is 5.91 Å². The molecule has 6 rings (SSSR count). The molecule has 10 nitrogen and oxygen atoms in total. The summed E-state index contributed by atoms with van der Waals surface area (Å²) in [4.78, 5) is 18.1. The fourth-order valence-corrected chi connectivity index (χ4v) is 7.72. The van der Waals surface area contributed by atoms with Crippen LogP contribution in [0.3, 0.4) is 0 Å². The molecule has 4 aliphatic heterocycles. The quantitative estimate of drug-likeness (QED) is 0.593. The summed E-state index contributed by atoms with van der Waals surface area (Å²) in [6.45, 7) is 5.25. The molecule has 0 radical (unpaired) electrons. The number of sulfone groups is 1. The maximum Gasteiger partial charge on any atom is 0.274 e. The molecule has 0 spiro atoms. The second kappa shape index (κ2) is 10.0. The molecule has 200 valence electrons. The molecule has 37 heavy (non-hydrogen) atoms. The Bertz CT molecular complexity index is 1280. The number of rotatable bonds is 4. The van der Waals surface area contributed by atoms with E-state index in [2.05, 4.69) is 4.90 Å². The number of aromatic nitrogens is 2. The van der Waals surface area contributed by atoms with Gasteiger partial charge in [-0.25, -0.2) is 8.42 Å². The normalized spacial score (nSPS) is 25.8. The molecule has 0 N–H and O–H groups in total. The molecule has 0 saturated carbocycles. The first kappa shape index (κ1) is 24.8. The van der Waals surface area contributed by atoms with Crippen molar-refractivity contribution in [1.29, 1.82) is 0 Å². The zero-order valence-corrected chi connectivity index (χ0v) is 22.0. The Morgan fingerprint density at radius 3 is 2.62 bits per heavy atom. The Hall–Kier alpha value is -2.47. The van der Waals surface area contributed by atoms with Crippen LogP contribution in [0.15, 0.2) is 23.1 Å². The Labute approximate surface area is 217 Å². The van der Waals surface area contributed by atoms with Gasteiger partial charge >= 0.3 is 0 Å². The fourth-order valence-electron chi connectivity index (χ4n) is 6.12. The molecule has 11 heteroatoms. The van der Waals surface area contributed by atoms with Gasteiger partial charge in [-0.3, -0.25) is 14.4 Å². The molecular weight excluding hydrogens is 496 g/mol. The number of fused-ring (bicyclic) bond motifs is 3. The van der Waals surface area contributed by atoms with Crippen molar-refractivity contribution in [3.63, 3.8) is 0 Å². The molecule has 0 unspecified atom stereocenters. The SMILES string of the molecule is COc1ccc2c(c1)S(=O)(=O)Cc1c(C(=O)N3CCOCC3)nn([C@H]3CCCN([C@H]4CCCOC4)C3)c1-2. The average molecular weight is 531 g/mol. The van der Waals surface area contributed by atoms with Crippen molar-refractivity contribution in [2.45, 2.75) is 48.4 Å². The summed E-state index contributed by atoms with van der Waals surface area (Å²) in [5, 5.41) is 4.91. The van der Waals surface area contributed by atoms with Gasteiger partial charge in [-0.1, -0.05) is 0 Å². The Morgan fingerprint density at radius 1 is 1.05 bits per heavy atom. The van der Waals surface area contributed by atoms with Crippen LogP contribution in [0.1, 0.15) is 47.8 Å². The molecule has 2 atom stereocenters. The maximum absolute atomic E-state index is 13.7. The van der Waals surface area contributed by atoms with Gasteiger partial charge < -0.3 is 19.1 Å². The van der Waals surface area contributed by atoms with Gasteiger partial charge in [0.05, 0.1) is 49.3 Å². The largest absolute Gasteiger partial charge is 0.497 e. The van der Waals surface area contributed by atoms with Crippen molar-refractivity contribution in [3.05, 3.63) is 29.5 Å². The van der Waals surface area contributed by atoms with Gasteiger partial charge in [0.2, 0.25) is 0 Å². The monoisotopic (exact) mass is 530 g/mol. The van der Waals surface area contributed by atoms with E-state index in [9.17, 15) is 13.2 Å². The van der Waals surface area contributed by atoms with Crippen LogP contribution in [0.2, 0.25) is 0 Å². The van der Waals surface area contributed by atoms with Crippen LogP contribution in [0.25, 0.3) is 11.3 Å². The summed E-state index contributed by atoms with van der Waals surface area (Å²) in [5.41, 5.74) is 2.09. The number of methoxy groups -OCH3 is 1. The number of ether oxygens (including phenoxy) is 3. The summed E-state index contributed by atoms with van der Waals surface area (Å²) >= 11 is 0. The molecule has 0 bridgehead atoms. The maximum atomic E-state index is 13.7. The molecule has 0 aliphatic carbocycles. The van der Waals surface area contributed by atoms with Crippen LogP contribution >= 0.6 is 0 Å². The minimum atomic E-state index is -3.68. The third-order valence-corrected chi connectivity index (χ3v) is 9.73. The first-order chi connectivity index (χ1) is 18.0. The Kier molecular flexibility index (Phi) is 6.72. The standard InChI is InChI=1S/C26H34N4O6S/c1-34-20-6-7-21-23(14-20)37(32,33)17-22-24(26(31)28-9-12-35-13-10-28)27-30(25(21)22)18-4-2-8-29(15-18)19-5-3-11-36-16-19/h6-7,14,18-19H,2-5,8-13,15-17H2,1H3/t18-,19-/m0/s1. The third kappa shape index (κ3) is 4.56. The highest BCUT2D eigenvalue weighted by Crippen LogP contribution is 2.43. The molecular formula is C26H34N4O6S. The lowest BCUT2D eigenvalue weighted by Crippen LogP contribution is -2.47. The lowest BCUT2D eigenvalue weighted by Gasteiger charge is -2.40. The number of carbonyl (C=O) groups is 1. The number of hydrogen-bond donors (Lipinski definition) is 0. The summed E-state index contributed by atoms with van der Waals surface area (Å²) in [7, 11) is -2.15. The molecule has 1 aromatic heterocycles. The van der Waals surface area contributed by atoms with Crippen molar-refractivity contribution < 1.29 is 27.4 Å². The van der Waals surface area contributed by atoms with Gasteiger partial charge in [-0.2, -0.15) is 5.10 Å². The van der Waals surface area contributed by atoms with Crippen molar-refractivity contribution in [2.24, 2.45) is 0 Å². The van der Waals surface area contributed by atoms with E-state index in [1.807, 2.05) is 4.68 Å². The van der Waals surface area contributed by atoms with Gasteiger partial charge in [-0.15, -0.1) is 0 Å². The molecule has 3 fully saturated rings. The third-order valence-electron chi connectivity index (χ3n) is 8.05. The Balaban J connectivity index is 1.44. The highest BCUT2D eigenvalue weighted by Gasteiger charge is 2.40. The number of hydrogen-bond acceptors (Lipinski definition) is 8. The number of benzene rings is 1. The number of morpholine rings is 1. The van der Waals surface area contributed by atoms with Gasteiger partial charge in [-0.05, 0) is 50.4 Å². The van der Waals surface area contributed by atoms with E-state index in [1.165, 1.54) is 7.11 Å². The zero-order valence-electron chi connectivity index (χ0n) is 21.2. The Morgan fingerprint density at radius 2 is 1.86 bits per heavy atom. The number of carbonyl (C=O) groups excluding carboxylic acids is 1. The van der Waals surface area contributed by atoms with Crippen LogP contribution in [0, 0.1) is 0 Å². The van der Waals surface area contributed by atoms with E-state index in [4.69, 9.17) is 19.3 Å².